The standard InChI is InChI=1S/C16H22N4.2ClH/c17-16-6-2-8-19(13-16)11-14-4-1-5-15(10-14)12-20-9-3-7-18-20;;/h1,3-5,7,9-10,16H,2,6,8,11-13,17H2;2*1H. The number of likely N-dealkylation sites (tertiary alicyclic amines) is 1. The van der Waals surface area contributed by atoms with Crippen molar-refractivity contribution in [2.45, 2.75) is 32.0 Å². The summed E-state index contributed by atoms with van der Waals surface area (Å²) in [5.74, 6) is 0. The molecule has 2 heterocycles. The van der Waals surface area contributed by atoms with Crippen molar-refractivity contribution in [3.63, 3.8) is 0 Å². The van der Waals surface area contributed by atoms with E-state index in [9.17, 15) is 0 Å². The number of nitrogens with zero attached hydrogens (tertiary/aromatic N) is 3. The van der Waals surface area contributed by atoms with E-state index in [1.807, 2.05) is 23.1 Å². The highest BCUT2D eigenvalue weighted by Crippen LogP contribution is 2.14. The monoisotopic (exact) mass is 342 g/mol. The topological polar surface area (TPSA) is 47.1 Å². The first-order valence-electron chi connectivity index (χ1n) is 7.33. The van der Waals surface area contributed by atoms with Crippen molar-refractivity contribution in [1.29, 1.82) is 0 Å². The van der Waals surface area contributed by atoms with Crippen LogP contribution in [0, 0.1) is 0 Å². The third kappa shape index (κ3) is 5.29. The summed E-state index contributed by atoms with van der Waals surface area (Å²) in [6.07, 6.45) is 6.19. The zero-order valence-electron chi connectivity index (χ0n) is 12.6. The van der Waals surface area contributed by atoms with Gasteiger partial charge in [0.25, 0.3) is 0 Å². The van der Waals surface area contributed by atoms with E-state index in [1.54, 1.807) is 0 Å². The smallest absolute Gasteiger partial charge is 0.0659 e. The molecule has 0 radical (unpaired) electrons. The molecule has 0 spiro atoms. The molecule has 0 amide bonds. The maximum absolute atomic E-state index is 6.05. The number of benzene rings is 1. The van der Waals surface area contributed by atoms with Crippen molar-refractivity contribution < 1.29 is 0 Å². The van der Waals surface area contributed by atoms with Crippen molar-refractivity contribution >= 4 is 24.8 Å². The van der Waals surface area contributed by atoms with Crippen LogP contribution in [0.2, 0.25) is 0 Å². The van der Waals surface area contributed by atoms with Crippen LogP contribution in [-0.4, -0.2) is 33.8 Å². The molecule has 3 rings (SSSR count). The summed E-state index contributed by atoms with van der Waals surface area (Å²) in [6, 6.07) is 11.1. The molecule has 2 N–H and O–H groups in total. The lowest BCUT2D eigenvalue weighted by molar-refractivity contribution is 0.201. The summed E-state index contributed by atoms with van der Waals surface area (Å²) in [5.41, 5.74) is 8.71. The molecule has 0 bridgehead atoms. The SMILES string of the molecule is Cl.Cl.NC1CCCN(Cc2cccc(Cn3cccn3)c2)C1. The van der Waals surface area contributed by atoms with Crippen LogP contribution in [0.1, 0.15) is 24.0 Å². The van der Waals surface area contributed by atoms with E-state index in [-0.39, 0.29) is 24.8 Å². The fourth-order valence-corrected chi connectivity index (χ4v) is 2.90. The number of nitrogens with two attached hydrogens (primary N) is 1. The molecule has 1 aliphatic rings. The predicted molar refractivity (Wildman–Crippen MR) is 94.8 cm³/mol. The highest BCUT2D eigenvalue weighted by molar-refractivity contribution is 5.85. The van der Waals surface area contributed by atoms with Crippen molar-refractivity contribution in [3.8, 4) is 0 Å². The summed E-state index contributed by atoms with van der Waals surface area (Å²) < 4.78 is 1.95. The number of rotatable bonds is 4. The van der Waals surface area contributed by atoms with Gasteiger partial charge >= 0.3 is 0 Å². The minimum Gasteiger partial charge on any atom is -0.327 e. The molecule has 2 aromatic rings. The lowest BCUT2D eigenvalue weighted by Crippen LogP contribution is -2.42. The van der Waals surface area contributed by atoms with Crippen molar-refractivity contribution in [2.75, 3.05) is 13.1 Å². The third-order valence-corrected chi connectivity index (χ3v) is 3.84. The lowest BCUT2D eigenvalue weighted by atomic mass is 10.0. The molecule has 1 aliphatic heterocycles. The number of aromatic nitrogens is 2. The number of halogens is 2. The van der Waals surface area contributed by atoms with Gasteiger partial charge in [-0.15, -0.1) is 24.8 Å². The molecule has 1 saturated heterocycles. The second-order valence-corrected chi connectivity index (χ2v) is 5.66. The van der Waals surface area contributed by atoms with Crippen LogP contribution in [0.5, 0.6) is 0 Å². The van der Waals surface area contributed by atoms with Gasteiger partial charge in [-0.2, -0.15) is 5.10 Å². The summed E-state index contributed by atoms with van der Waals surface area (Å²) in [7, 11) is 0. The van der Waals surface area contributed by atoms with Crippen molar-refractivity contribution in [3.05, 3.63) is 53.9 Å². The molecular formula is C16H24Cl2N4. The highest BCUT2D eigenvalue weighted by Gasteiger charge is 2.16. The average Bonchev–Trinajstić information content (AvgIpc) is 2.92. The van der Waals surface area contributed by atoms with Crippen LogP contribution in [0.15, 0.2) is 42.7 Å². The quantitative estimate of drug-likeness (QED) is 0.929. The van der Waals surface area contributed by atoms with Crippen LogP contribution in [-0.2, 0) is 13.1 Å². The summed E-state index contributed by atoms with van der Waals surface area (Å²) in [4.78, 5) is 2.46. The van der Waals surface area contributed by atoms with E-state index < -0.39 is 0 Å². The lowest BCUT2D eigenvalue weighted by Gasteiger charge is -2.30. The Labute approximate surface area is 144 Å². The first-order chi connectivity index (χ1) is 9.79. The normalized spacial score (nSPS) is 18.3. The van der Waals surface area contributed by atoms with E-state index in [4.69, 9.17) is 5.73 Å². The van der Waals surface area contributed by atoms with Gasteiger partial charge in [-0.25, -0.2) is 0 Å². The minimum absolute atomic E-state index is 0. The van der Waals surface area contributed by atoms with Gasteiger partial charge in [0.1, 0.15) is 0 Å². The van der Waals surface area contributed by atoms with E-state index in [1.165, 1.54) is 17.5 Å². The second-order valence-electron chi connectivity index (χ2n) is 5.66. The molecule has 1 unspecified atom stereocenters. The Balaban J connectivity index is 0.00000121. The Morgan fingerprint density at radius 2 is 1.91 bits per heavy atom. The van der Waals surface area contributed by atoms with Gasteiger partial charge in [-0.05, 0) is 36.6 Å². The number of piperidine rings is 1. The number of hydrogen-bond donors (Lipinski definition) is 1. The highest BCUT2D eigenvalue weighted by atomic mass is 35.5. The van der Waals surface area contributed by atoms with Gasteiger partial charge in [0.15, 0.2) is 0 Å². The van der Waals surface area contributed by atoms with Crippen LogP contribution in [0.4, 0.5) is 0 Å². The van der Waals surface area contributed by atoms with Crippen LogP contribution >= 0.6 is 24.8 Å². The molecule has 0 saturated carbocycles. The van der Waals surface area contributed by atoms with Gasteiger partial charge < -0.3 is 5.73 Å². The minimum atomic E-state index is 0. The van der Waals surface area contributed by atoms with E-state index in [0.717, 1.165) is 32.6 Å². The van der Waals surface area contributed by atoms with Crippen molar-refractivity contribution in [2.24, 2.45) is 5.73 Å². The fraction of sp³-hybridized carbons (Fsp3) is 0.438. The molecule has 1 fully saturated rings. The van der Waals surface area contributed by atoms with Crippen LogP contribution in [0.3, 0.4) is 0 Å². The molecular weight excluding hydrogens is 319 g/mol. The van der Waals surface area contributed by atoms with Gasteiger partial charge in [0, 0.05) is 31.5 Å². The molecule has 6 heteroatoms. The Morgan fingerprint density at radius 1 is 1.14 bits per heavy atom. The Kier molecular flexibility index (Phi) is 7.90. The summed E-state index contributed by atoms with van der Waals surface area (Å²) >= 11 is 0. The first-order valence-corrected chi connectivity index (χ1v) is 7.33. The Morgan fingerprint density at radius 3 is 2.59 bits per heavy atom. The molecule has 22 heavy (non-hydrogen) atoms. The largest absolute Gasteiger partial charge is 0.327 e. The maximum Gasteiger partial charge on any atom is 0.0659 e. The molecule has 1 aromatic carbocycles. The number of hydrogen-bond acceptors (Lipinski definition) is 3. The molecule has 0 aliphatic carbocycles. The van der Waals surface area contributed by atoms with E-state index >= 15 is 0 Å². The molecule has 4 nitrogen and oxygen atoms in total. The summed E-state index contributed by atoms with van der Waals surface area (Å²) in [6.45, 7) is 4.02. The van der Waals surface area contributed by atoms with Gasteiger partial charge in [0.2, 0.25) is 0 Å². The van der Waals surface area contributed by atoms with Crippen molar-refractivity contribution in [1.82, 2.24) is 14.7 Å². The zero-order valence-corrected chi connectivity index (χ0v) is 14.2. The van der Waals surface area contributed by atoms with Gasteiger partial charge in [-0.3, -0.25) is 9.58 Å². The third-order valence-electron chi connectivity index (χ3n) is 3.84. The van der Waals surface area contributed by atoms with Gasteiger partial charge in [0.05, 0.1) is 6.54 Å². The molecule has 1 aromatic heterocycles. The maximum atomic E-state index is 6.05. The fourth-order valence-electron chi connectivity index (χ4n) is 2.90. The zero-order chi connectivity index (χ0) is 13.8. The van der Waals surface area contributed by atoms with E-state index in [2.05, 4.69) is 34.3 Å². The predicted octanol–water partition coefficient (Wildman–Crippen LogP) is 2.70. The Hall–Kier alpha value is -1.07. The average molecular weight is 343 g/mol. The van der Waals surface area contributed by atoms with E-state index in [0.29, 0.717) is 6.04 Å². The van der Waals surface area contributed by atoms with Crippen LogP contribution < -0.4 is 5.73 Å². The first kappa shape index (κ1) is 19.0. The summed E-state index contributed by atoms with van der Waals surface area (Å²) in [5, 5.41) is 4.26. The molecule has 1 atom stereocenters. The van der Waals surface area contributed by atoms with Crippen LogP contribution in [0.25, 0.3) is 0 Å². The van der Waals surface area contributed by atoms with Gasteiger partial charge in [-0.1, -0.05) is 24.3 Å². The second kappa shape index (κ2) is 9.16. The Bertz CT molecular complexity index is 545. The molecule has 122 valence electrons.